The highest BCUT2D eigenvalue weighted by Gasteiger charge is 2.08. The molecule has 6 nitrogen and oxygen atoms in total. The molecule has 2 aromatic heterocycles. The third-order valence-electron chi connectivity index (χ3n) is 3.44. The number of carbonyl (C=O) groups excluding carboxylic acids is 1. The zero-order valence-electron chi connectivity index (χ0n) is 14.3. The highest BCUT2D eigenvalue weighted by molar-refractivity contribution is 5.92. The number of anilines is 1. The van der Waals surface area contributed by atoms with Crippen LogP contribution in [0.4, 0.5) is 10.3 Å². The smallest absolute Gasteiger partial charge is 0.262 e. The van der Waals surface area contributed by atoms with Crippen molar-refractivity contribution >= 4 is 17.9 Å². The number of nitrogens with zero attached hydrogens (tertiary/aromatic N) is 2. The van der Waals surface area contributed by atoms with Gasteiger partial charge in [-0.05, 0) is 50.3 Å². The SMILES string of the molecule is Cc1cc(C)nc(NNC(=O)C=Cc2ccc(-c3ccccc3F)o2)n1. The van der Waals surface area contributed by atoms with E-state index in [1.807, 2.05) is 19.9 Å². The number of aryl methyl sites for hydroxylation is 2. The van der Waals surface area contributed by atoms with Crippen molar-refractivity contribution in [3.05, 3.63) is 71.5 Å². The van der Waals surface area contributed by atoms with E-state index in [1.165, 1.54) is 18.2 Å². The lowest BCUT2D eigenvalue weighted by Gasteiger charge is -2.06. The summed E-state index contributed by atoms with van der Waals surface area (Å²) in [5.74, 6) is 0.361. The summed E-state index contributed by atoms with van der Waals surface area (Å²) >= 11 is 0. The Hall–Kier alpha value is -3.48. The average molecular weight is 352 g/mol. The van der Waals surface area contributed by atoms with E-state index >= 15 is 0 Å². The number of halogens is 1. The van der Waals surface area contributed by atoms with Crippen LogP contribution in [0.5, 0.6) is 0 Å². The molecule has 2 heterocycles. The molecule has 3 rings (SSSR count). The predicted molar refractivity (Wildman–Crippen MR) is 96.4 cm³/mol. The molecule has 0 aliphatic carbocycles. The van der Waals surface area contributed by atoms with E-state index in [9.17, 15) is 9.18 Å². The molecule has 0 saturated heterocycles. The van der Waals surface area contributed by atoms with Gasteiger partial charge in [0.2, 0.25) is 5.95 Å². The van der Waals surface area contributed by atoms with Crippen LogP contribution in [0, 0.1) is 19.7 Å². The molecule has 0 radical (unpaired) electrons. The van der Waals surface area contributed by atoms with E-state index < -0.39 is 5.91 Å². The molecule has 0 atom stereocenters. The Morgan fingerprint density at radius 1 is 1.12 bits per heavy atom. The first kappa shape index (κ1) is 17.3. The van der Waals surface area contributed by atoms with Crippen LogP contribution in [0.15, 0.2) is 53.0 Å². The van der Waals surface area contributed by atoms with E-state index in [2.05, 4.69) is 20.8 Å². The molecule has 132 valence electrons. The summed E-state index contributed by atoms with van der Waals surface area (Å²) in [6.07, 6.45) is 2.78. The lowest BCUT2D eigenvalue weighted by molar-refractivity contribution is -0.116. The molecule has 2 N–H and O–H groups in total. The second kappa shape index (κ2) is 7.60. The van der Waals surface area contributed by atoms with Crippen LogP contribution in [0.2, 0.25) is 0 Å². The maximum Gasteiger partial charge on any atom is 0.262 e. The minimum atomic E-state index is -0.406. The Morgan fingerprint density at radius 2 is 1.85 bits per heavy atom. The van der Waals surface area contributed by atoms with Crippen molar-refractivity contribution < 1.29 is 13.6 Å². The molecule has 0 spiro atoms. The summed E-state index contributed by atoms with van der Waals surface area (Å²) in [5.41, 5.74) is 7.07. The maximum absolute atomic E-state index is 13.8. The number of furan rings is 1. The minimum Gasteiger partial charge on any atom is -0.457 e. The Kier molecular flexibility index (Phi) is 5.07. The highest BCUT2D eigenvalue weighted by atomic mass is 19.1. The van der Waals surface area contributed by atoms with Gasteiger partial charge in [-0.15, -0.1) is 0 Å². The fourth-order valence-electron chi connectivity index (χ4n) is 2.35. The monoisotopic (exact) mass is 352 g/mol. The van der Waals surface area contributed by atoms with Crippen molar-refractivity contribution in [3.63, 3.8) is 0 Å². The fourth-order valence-corrected chi connectivity index (χ4v) is 2.35. The van der Waals surface area contributed by atoms with Gasteiger partial charge >= 0.3 is 0 Å². The number of hydrogen-bond acceptors (Lipinski definition) is 5. The van der Waals surface area contributed by atoms with Crippen LogP contribution in [0.1, 0.15) is 17.1 Å². The minimum absolute atomic E-state index is 0.309. The molecule has 26 heavy (non-hydrogen) atoms. The van der Waals surface area contributed by atoms with Gasteiger partial charge in [0.05, 0.1) is 5.56 Å². The number of amides is 1. The average Bonchev–Trinajstić information content (AvgIpc) is 3.06. The number of hydrogen-bond donors (Lipinski definition) is 2. The largest absolute Gasteiger partial charge is 0.457 e. The van der Waals surface area contributed by atoms with E-state index in [4.69, 9.17) is 4.42 Å². The second-order valence-corrected chi connectivity index (χ2v) is 5.60. The van der Waals surface area contributed by atoms with Gasteiger partial charge in [0.15, 0.2) is 0 Å². The quantitative estimate of drug-likeness (QED) is 0.541. The molecule has 1 aromatic carbocycles. The summed E-state index contributed by atoms with van der Waals surface area (Å²) in [5, 5.41) is 0. The molecule has 0 aliphatic heterocycles. The highest BCUT2D eigenvalue weighted by Crippen LogP contribution is 2.25. The normalized spacial score (nSPS) is 10.9. The second-order valence-electron chi connectivity index (χ2n) is 5.60. The van der Waals surface area contributed by atoms with E-state index in [0.29, 0.717) is 23.0 Å². The van der Waals surface area contributed by atoms with Gasteiger partial charge in [-0.1, -0.05) is 12.1 Å². The zero-order valence-corrected chi connectivity index (χ0v) is 14.3. The number of benzene rings is 1. The van der Waals surface area contributed by atoms with Crippen molar-refractivity contribution in [1.82, 2.24) is 15.4 Å². The number of nitrogens with one attached hydrogen (secondary N) is 2. The van der Waals surface area contributed by atoms with Gasteiger partial charge in [-0.2, -0.15) is 0 Å². The molecule has 3 aromatic rings. The fraction of sp³-hybridized carbons (Fsp3) is 0.105. The van der Waals surface area contributed by atoms with Gasteiger partial charge in [0.1, 0.15) is 17.3 Å². The van der Waals surface area contributed by atoms with E-state index in [-0.39, 0.29) is 5.82 Å². The van der Waals surface area contributed by atoms with Crippen LogP contribution < -0.4 is 10.9 Å². The molecule has 1 amide bonds. The number of aromatic nitrogens is 2. The lowest BCUT2D eigenvalue weighted by Crippen LogP contribution is -2.28. The summed E-state index contributed by atoms with van der Waals surface area (Å²) in [6, 6.07) is 11.5. The van der Waals surface area contributed by atoms with E-state index in [0.717, 1.165) is 11.4 Å². The first-order valence-corrected chi connectivity index (χ1v) is 7.92. The van der Waals surface area contributed by atoms with Crippen LogP contribution in [0.25, 0.3) is 17.4 Å². The Bertz CT molecular complexity index is 945. The van der Waals surface area contributed by atoms with Crippen LogP contribution in [0.3, 0.4) is 0 Å². The number of carbonyl (C=O) groups is 1. The molecule has 0 saturated carbocycles. The van der Waals surface area contributed by atoms with E-state index in [1.54, 1.807) is 30.3 Å². The van der Waals surface area contributed by atoms with Gasteiger partial charge in [0.25, 0.3) is 5.91 Å². The summed E-state index contributed by atoms with van der Waals surface area (Å²) in [6.45, 7) is 3.68. The Balaban J connectivity index is 1.61. The van der Waals surface area contributed by atoms with Crippen LogP contribution in [-0.2, 0) is 4.79 Å². The van der Waals surface area contributed by atoms with Gasteiger partial charge in [-0.25, -0.2) is 14.4 Å². The van der Waals surface area contributed by atoms with Crippen molar-refractivity contribution in [1.29, 1.82) is 0 Å². The first-order chi connectivity index (χ1) is 12.5. The maximum atomic E-state index is 13.8. The van der Waals surface area contributed by atoms with Gasteiger partial charge in [-0.3, -0.25) is 15.6 Å². The standard InChI is InChI=1S/C19H17FN4O2/c1-12-11-13(2)22-19(21-12)24-23-18(25)10-8-14-7-9-17(26-14)15-5-3-4-6-16(15)20/h3-11H,1-2H3,(H,23,25)(H,21,22,24). The van der Waals surface area contributed by atoms with Crippen molar-refractivity contribution in [2.24, 2.45) is 0 Å². The first-order valence-electron chi connectivity index (χ1n) is 7.92. The van der Waals surface area contributed by atoms with Crippen molar-refractivity contribution in [2.45, 2.75) is 13.8 Å². The third kappa shape index (κ3) is 4.32. The third-order valence-corrected chi connectivity index (χ3v) is 3.44. The lowest BCUT2D eigenvalue weighted by atomic mass is 10.1. The molecule has 7 heteroatoms. The molecule has 0 bridgehead atoms. The summed E-state index contributed by atoms with van der Waals surface area (Å²) in [7, 11) is 0. The molecule has 0 fully saturated rings. The van der Waals surface area contributed by atoms with Crippen molar-refractivity contribution in [3.8, 4) is 11.3 Å². The van der Waals surface area contributed by atoms with Gasteiger partial charge < -0.3 is 4.42 Å². The summed E-state index contributed by atoms with van der Waals surface area (Å²) < 4.78 is 19.3. The van der Waals surface area contributed by atoms with Crippen molar-refractivity contribution in [2.75, 3.05) is 5.43 Å². The number of rotatable bonds is 5. The van der Waals surface area contributed by atoms with Crippen LogP contribution >= 0.6 is 0 Å². The van der Waals surface area contributed by atoms with Crippen LogP contribution in [-0.4, -0.2) is 15.9 Å². The van der Waals surface area contributed by atoms with Gasteiger partial charge in [0, 0.05) is 17.5 Å². The molecular weight excluding hydrogens is 335 g/mol. The Labute approximate surface area is 149 Å². The number of hydrazine groups is 1. The predicted octanol–water partition coefficient (Wildman–Crippen LogP) is 3.65. The molecule has 0 unspecified atom stereocenters. The topological polar surface area (TPSA) is 80.0 Å². The summed E-state index contributed by atoms with van der Waals surface area (Å²) in [4.78, 5) is 20.2. The Morgan fingerprint density at radius 3 is 2.58 bits per heavy atom. The zero-order chi connectivity index (χ0) is 18.5. The molecular formula is C19H17FN4O2. The molecule has 0 aliphatic rings.